The lowest BCUT2D eigenvalue weighted by molar-refractivity contribution is -0.389. The number of para-hydroxylation sites is 1. The fraction of sp³-hybridized carbons (Fsp3) is 0.278. The predicted octanol–water partition coefficient (Wildman–Crippen LogP) is 1.11. The van der Waals surface area contributed by atoms with Crippen LogP contribution in [0.2, 0.25) is 5.02 Å². The van der Waals surface area contributed by atoms with Crippen LogP contribution in [-0.2, 0) is 11.3 Å². The molecule has 0 saturated heterocycles. The SMILES string of the molecule is Cc1cc([N+](=O)[O-])nn1Cc1noc(C(=O)NCCNC(=O)COc2ccccc2Cl)n1. The van der Waals surface area contributed by atoms with E-state index in [0.29, 0.717) is 16.5 Å². The second kappa shape index (κ2) is 10.3. The Labute approximate surface area is 185 Å². The van der Waals surface area contributed by atoms with Gasteiger partial charge in [-0.05, 0) is 24.0 Å². The summed E-state index contributed by atoms with van der Waals surface area (Å²) in [5.41, 5.74) is 0.529. The van der Waals surface area contributed by atoms with Crippen LogP contribution >= 0.6 is 11.6 Å². The highest BCUT2D eigenvalue weighted by Crippen LogP contribution is 2.22. The second-order valence-electron chi connectivity index (χ2n) is 6.40. The molecule has 0 atom stereocenters. The van der Waals surface area contributed by atoms with Crippen molar-refractivity contribution in [3.05, 3.63) is 62.9 Å². The van der Waals surface area contributed by atoms with Gasteiger partial charge in [0.1, 0.15) is 12.3 Å². The van der Waals surface area contributed by atoms with Crippen LogP contribution in [0.1, 0.15) is 22.2 Å². The maximum atomic E-state index is 12.1. The molecule has 0 aliphatic heterocycles. The Morgan fingerprint density at radius 2 is 2.03 bits per heavy atom. The fourth-order valence-corrected chi connectivity index (χ4v) is 2.69. The number of nitrogens with one attached hydrogen (secondary N) is 2. The Bertz CT molecular complexity index is 1130. The van der Waals surface area contributed by atoms with Crippen molar-refractivity contribution in [3.8, 4) is 5.75 Å². The number of carbonyl (C=O) groups excluding carboxylic acids is 2. The molecule has 3 rings (SSSR count). The Morgan fingerprint density at radius 3 is 2.75 bits per heavy atom. The molecule has 3 aromatic rings. The summed E-state index contributed by atoms with van der Waals surface area (Å²) in [5.74, 6) is -1.08. The Balaban J connectivity index is 1.40. The Hall–Kier alpha value is -4.00. The first-order chi connectivity index (χ1) is 15.3. The van der Waals surface area contributed by atoms with E-state index < -0.39 is 10.8 Å². The van der Waals surface area contributed by atoms with Gasteiger partial charge in [0.05, 0.1) is 21.9 Å². The van der Waals surface area contributed by atoms with Crippen molar-refractivity contribution >= 4 is 29.2 Å². The molecule has 2 amide bonds. The Morgan fingerprint density at radius 1 is 1.28 bits per heavy atom. The minimum atomic E-state index is -0.631. The van der Waals surface area contributed by atoms with Crippen molar-refractivity contribution in [1.29, 1.82) is 0 Å². The molecule has 0 unspecified atom stereocenters. The highest BCUT2D eigenvalue weighted by molar-refractivity contribution is 6.32. The van der Waals surface area contributed by atoms with Crippen LogP contribution in [0.3, 0.4) is 0 Å². The van der Waals surface area contributed by atoms with Crippen LogP contribution in [0.4, 0.5) is 5.82 Å². The summed E-state index contributed by atoms with van der Waals surface area (Å²) in [4.78, 5) is 38.0. The van der Waals surface area contributed by atoms with Gasteiger partial charge < -0.3 is 30.0 Å². The van der Waals surface area contributed by atoms with Crippen molar-refractivity contribution in [1.82, 2.24) is 30.6 Å². The molecule has 0 aliphatic carbocycles. The highest BCUT2D eigenvalue weighted by atomic mass is 35.5. The minimum Gasteiger partial charge on any atom is -0.482 e. The molecule has 14 heteroatoms. The summed E-state index contributed by atoms with van der Waals surface area (Å²) < 4.78 is 11.5. The van der Waals surface area contributed by atoms with E-state index in [0.717, 1.165) is 0 Å². The molecule has 0 saturated carbocycles. The lowest BCUT2D eigenvalue weighted by Gasteiger charge is -2.08. The maximum absolute atomic E-state index is 12.1. The number of halogens is 1. The molecule has 0 spiro atoms. The lowest BCUT2D eigenvalue weighted by atomic mass is 10.3. The standard InChI is InChI=1S/C18H18ClN7O6/c1-11-8-15(26(29)30)23-25(11)9-14-22-18(32-24-14)17(28)21-7-6-20-16(27)10-31-13-5-3-2-4-12(13)19/h2-5,8H,6-7,9-10H2,1H3,(H,20,27)(H,21,28). The van der Waals surface area contributed by atoms with Gasteiger partial charge in [-0.2, -0.15) is 9.67 Å². The largest absolute Gasteiger partial charge is 0.482 e. The normalized spacial score (nSPS) is 10.6. The first kappa shape index (κ1) is 22.7. The van der Waals surface area contributed by atoms with E-state index >= 15 is 0 Å². The van der Waals surface area contributed by atoms with Gasteiger partial charge in [0.25, 0.3) is 5.91 Å². The third-order valence-corrected chi connectivity index (χ3v) is 4.35. The van der Waals surface area contributed by atoms with Crippen molar-refractivity contribution < 1.29 is 23.8 Å². The van der Waals surface area contributed by atoms with Gasteiger partial charge >= 0.3 is 17.6 Å². The molecule has 2 heterocycles. The van der Waals surface area contributed by atoms with Crippen LogP contribution in [0.25, 0.3) is 0 Å². The summed E-state index contributed by atoms with van der Waals surface area (Å²) in [6.45, 7) is 1.67. The van der Waals surface area contributed by atoms with Crippen molar-refractivity contribution in [2.75, 3.05) is 19.7 Å². The van der Waals surface area contributed by atoms with E-state index in [9.17, 15) is 19.7 Å². The molecule has 1 aromatic carbocycles. The number of benzene rings is 1. The zero-order valence-corrected chi connectivity index (χ0v) is 17.5. The Kier molecular flexibility index (Phi) is 7.33. The average Bonchev–Trinajstić information content (AvgIpc) is 3.38. The van der Waals surface area contributed by atoms with Crippen LogP contribution in [0.15, 0.2) is 34.9 Å². The average molecular weight is 464 g/mol. The van der Waals surface area contributed by atoms with E-state index in [-0.39, 0.29) is 49.7 Å². The topological polar surface area (TPSA) is 167 Å². The van der Waals surface area contributed by atoms with E-state index in [1.807, 2.05) is 0 Å². The van der Waals surface area contributed by atoms with E-state index in [1.165, 1.54) is 10.7 Å². The molecule has 0 radical (unpaired) electrons. The molecule has 2 aromatic heterocycles. The molecule has 32 heavy (non-hydrogen) atoms. The third-order valence-electron chi connectivity index (χ3n) is 4.04. The van der Waals surface area contributed by atoms with E-state index in [4.69, 9.17) is 20.9 Å². The highest BCUT2D eigenvalue weighted by Gasteiger charge is 2.19. The number of nitro groups is 1. The molecule has 168 valence electrons. The molecular formula is C18H18ClN7O6. The van der Waals surface area contributed by atoms with Gasteiger partial charge in [-0.1, -0.05) is 28.9 Å². The summed E-state index contributed by atoms with van der Waals surface area (Å²) in [7, 11) is 0. The van der Waals surface area contributed by atoms with E-state index in [2.05, 4.69) is 25.9 Å². The first-order valence-corrected chi connectivity index (χ1v) is 9.65. The number of ether oxygens (including phenoxy) is 1. The molecule has 0 fully saturated rings. The lowest BCUT2D eigenvalue weighted by Crippen LogP contribution is -2.36. The van der Waals surface area contributed by atoms with Gasteiger partial charge in [-0.25, -0.2) is 0 Å². The predicted molar refractivity (Wildman–Crippen MR) is 109 cm³/mol. The second-order valence-corrected chi connectivity index (χ2v) is 6.81. The number of hydrogen-bond acceptors (Lipinski definition) is 9. The summed E-state index contributed by atoms with van der Waals surface area (Å²) in [6, 6.07) is 8.07. The van der Waals surface area contributed by atoms with Crippen molar-refractivity contribution in [2.24, 2.45) is 0 Å². The quantitative estimate of drug-likeness (QED) is 0.254. The van der Waals surface area contributed by atoms with Gasteiger partial charge in [0, 0.05) is 13.1 Å². The van der Waals surface area contributed by atoms with Crippen LogP contribution < -0.4 is 15.4 Å². The zero-order chi connectivity index (χ0) is 23.1. The number of nitrogens with zero attached hydrogens (tertiary/aromatic N) is 5. The molecule has 0 aliphatic rings. The minimum absolute atomic E-state index is 0.00204. The maximum Gasteiger partial charge on any atom is 0.390 e. The molecule has 0 bridgehead atoms. The summed E-state index contributed by atoms with van der Waals surface area (Å²) in [6.07, 6.45) is 0. The smallest absolute Gasteiger partial charge is 0.390 e. The van der Waals surface area contributed by atoms with Crippen LogP contribution in [0, 0.1) is 17.0 Å². The molecule has 13 nitrogen and oxygen atoms in total. The number of aromatic nitrogens is 4. The number of carbonyl (C=O) groups is 2. The zero-order valence-electron chi connectivity index (χ0n) is 16.8. The van der Waals surface area contributed by atoms with Crippen LogP contribution in [-0.4, -0.2) is 56.4 Å². The van der Waals surface area contributed by atoms with Gasteiger partial charge in [-0.3, -0.25) is 9.59 Å². The third kappa shape index (κ3) is 6.01. The summed E-state index contributed by atoms with van der Waals surface area (Å²) in [5, 5.41) is 23.8. The van der Waals surface area contributed by atoms with E-state index in [1.54, 1.807) is 31.2 Å². The number of aryl methyl sites for hydroxylation is 1. The number of hydrogen-bond donors (Lipinski definition) is 2. The number of amides is 2. The van der Waals surface area contributed by atoms with Gasteiger partial charge in [0.2, 0.25) is 0 Å². The van der Waals surface area contributed by atoms with Gasteiger partial charge in [0.15, 0.2) is 12.4 Å². The fourth-order valence-electron chi connectivity index (χ4n) is 2.50. The monoisotopic (exact) mass is 463 g/mol. The van der Waals surface area contributed by atoms with Crippen LogP contribution in [0.5, 0.6) is 5.75 Å². The molecular weight excluding hydrogens is 446 g/mol. The molecule has 2 N–H and O–H groups in total. The van der Waals surface area contributed by atoms with Gasteiger partial charge in [-0.15, -0.1) is 0 Å². The number of rotatable bonds is 10. The first-order valence-electron chi connectivity index (χ1n) is 9.27. The van der Waals surface area contributed by atoms with Crippen molar-refractivity contribution in [2.45, 2.75) is 13.5 Å². The summed E-state index contributed by atoms with van der Waals surface area (Å²) >= 11 is 5.94. The van der Waals surface area contributed by atoms with Crippen molar-refractivity contribution in [3.63, 3.8) is 0 Å².